The van der Waals surface area contributed by atoms with Crippen molar-refractivity contribution in [2.75, 3.05) is 11.9 Å². The Balaban J connectivity index is 1.37. The van der Waals surface area contributed by atoms with Crippen LogP contribution in [0.15, 0.2) is 79.1 Å². The van der Waals surface area contributed by atoms with E-state index in [-0.39, 0.29) is 24.0 Å². The van der Waals surface area contributed by atoms with E-state index in [1.165, 1.54) is 30.1 Å². The first-order valence-electron chi connectivity index (χ1n) is 13.5. The molecule has 41 heavy (non-hydrogen) atoms. The van der Waals surface area contributed by atoms with E-state index in [0.717, 1.165) is 27.4 Å². The van der Waals surface area contributed by atoms with Crippen LogP contribution in [0, 0.1) is 5.21 Å². The van der Waals surface area contributed by atoms with Crippen LogP contribution in [0.1, 0.15) is 44.7 Å². The molecule has 1 atom stereocenters. The summed E-state index contributed by atoms with van der Waals surface area (Å²) in [6, 6.07) is 19.0. The Hall–Kier alpha value is -4.70. The maximum atomic E-state index is 12.4. The second kappa shape index (κ2) is 12.6. The molecule has 10 nitrogen and oxygen atoms in total. The Morgan fingerprint density at radius 1 is 1.05 bits per heavy atom. The Morgan fingerprint density at radius 2 is 1.71 bits per heavy atom. The van der Waals surface area contributed by atoms with Crippen molar-refractivity contribution in [2.24, 2.45) is 5.73 Å². The summed E-state index contributed by atoms with van der Waals surface area (Å²) >= 11 is 0. The molecule has 4 rings (SSSR count). The van der Waals surface area contributed by atoms with Crippen LogP contribution in [-0.2, 0) is 21.4 Å². The zero-order chi connectivity index (χ0) is 29.6. The molecule has 0 radical (unpaired) electrons. The highest BCUT2D eigenvalue weighted by Gasteiger charge is 2.18. The molecule has 2 heterocycles. The third-order valence-electron chi connectivity index (χ3n) is 6.66. The number of aromatic hydroxyl groups is 1. The number of hydrogen-bond acceptors (Lipinski definition) is 7. The number of imide groups is 1. The molecule has 0 saturated carbocycles. The lowest BCUT2D eigenvalue weighted by molar-refractivity contribution is -0.605. The number of nitrogens with zero attached hydrogens (tertiary/aromatic N) is 3. The van der Waals surface area contributed by atoms with Crippen LogP contribution in [0.2, 0.25) is 0 Å². The minimum absolute atomic E-state index is 0.0179. The Morgan fingerprint density at radius 3 is 2.34 bits per heavy atom. The summed E-state index contributed by atoms with van der Waals surface area (Å²) in [4.78, 5) is 24.8. The van der Waals surface area contributed by atoms with Crippen molar-refractivity contribution in [1.82, 2.24) is 15.1 Å². The molecule has 0 bridgehead atoms. The maximum absolute atomic E-state index is 12.4. The normalized spacial score (nSPS) is 12.1. The lowest BCUT2D eigenvalue weighted by atomic mass is 9.87. The van der Waals surface area contributed by atoms with Crippen molar-refractivity contribution in [3.8, 4) is 22.7 Å². The van der Waals surface area contributed by atoms with Gasteiger partial charge in [-0.05, 0) is 53.6 Å². The molecule has 0 fully saturated rings. The Labute approximate surface area is 239 Å². The highest BCUT2D eigenvalue weighted by atomic mass is 16.5. The van der Waals surface area contributed by atoms with Gasteiger partial charge in [-0.1, -0.05) is 45.0 Å². The van der Waals surface area contributed by atoms with Gasteiger partial charge in [0.15, 0.2) is 12.4 Å². The standard InChI is InChI=1S/C31H36N6O4/c1-31(2,3)23-8-10-24(11-9-23)37-28(20-27(35-37)22-14-17-36(41)18-15-22)33-16-4-5-29(39)34-30(40)26(32)19-21-6-12-25(38)13-7-21/h6-15,17-18,20,26,33,38H,4-5,16,19,32H2,1-3H3,(H,34,39,40). The molecular formula is C31H36N6O4. The van der Waals surface area contributed by atoms with Gasteiger partial charge in [0.25, 0.3) is 0 Å². The van der Waals surface area contributed by atoms with Crippen LogP contribution in [0.4, 0.5) is 5.82 Å². The number of carbonyl (C=O) groups is 2. The molecule has 214 valence electrons. The predicted molar refractivity (Wildman–Crippen MR) is 157 cm³/mol. The summed E-state index contributed by atoms with van der Waals surface area (Å²) in [6.45, 7) is 6.94. The molecule has 0 spiro atoms. The first-order valence-corrected chi connectivity index (χ1v) is 13.5. The Kier molecular flexibility index (Phi) is 9.04. The zero-order valence-corrected chi connectivity index (χ0v) is 23.5. The molecule has 2 aromatic heterocycles. The largest absolute Gasteiger partial charge is 0.619 e. The molecule has 4 aromatic rings. The third kappa shape index (κ3) is 7.92. The molecular weight excluding hydrogens is 520 g/mol. The van der Waals surface area contributed by atoms with E-state index in [0.29, 0.717) is 18.7 Å². The van der Waals surface area contributed by atoms with E-state index >= 15 is 0 Å². The monoisotopic (exact) mass is 556 g/mol. The number of phenolic OH excluding ortho intramolecular Hbond substituents is 1. The van der Waals surface area contributed by atoms with E-state index in [1.54, 1.807) is 28.9 Å². The van der Waals surface area contributed by atoms with Gasteiger partial charge in [0.05, 0.1) is 17.4 Å². The summed E-state index contributed by atoms with van der Waals surface area (Å²) in [5.74, 6) is -0.0834. The Bertz CT molecular complexity index is 1470. The van der Waals surface area contributed by atoms with Gasteiger partial charge in [-0.3, -0.25) is 14.9 Å². The van der Waals surface area contributed by atoms with Gasteiger partial charge in [0.2, 0.25) is 11.8 Å². The summed E-state index contributed by atoms with van der Waals surface area (Å²) < 4.78 is 2.52. The highest BCUT2D eigenvalue weighted by Crippen LogP contribution is 2.27. The number of amides is 2. The third-order valence-corrected chi connectivity index (χ3v) is 6.66. The molecule has 10 heteroatoms. The van der Waals surface area contributed by atoms with Gasteiger partial charge in [-0.15, -0.1) is 0 Å². The molecule has 0 aliphatic carbocycles. The van der Waals surface area contributed by atoms with E-state index in [1.807, 2.05) is 18.2 Å². The molecule has 0 aliphatic heterocycles. The fraction of sp³-hybridized carbons (Fsp3) is 0.290. The van der Waals surface area contributed by atoms with Crippen molar-refractivity contribution >= 4 is 17.6 Å². The highest BCUT2D eigenvalue weighted by molar-refractivity contribution is 5.97. The first kappa shape index (κ1) is 29.3. The van der Waals surface area contributed by atoms with Gasteiger partial charge in [-0.25, -0.2) is 4.68 Å². The molecule has 0 aliphatic rings. The number of nitrogens with one attached hydrogen (secondary N) is 2. The fourth-order valence-electron chi connectivity index (χ4n) is 4.27. The summed E-state index contributed by atoms with van der Waals surface area (Å²) in [7, 11) is 0. The number of hydrogen-bond donors (Lipinski definition) is 4. The van der Waals surface area contributed by atoms with Gasteiger partial charge < -0.3 is 21.4 Å². The average molecular weight is 557 g/mol. The summed E-state index contributed by atoms with van der Waals surface area (Å²) in [5, 5.41) is 31.4. The summed E-state index contributed by atoms with van der Waals surface area (Å²) in [6.07, 6.45) is 3.71. The van der Waals surface area contributed by atoms with Gasteiger partial charge in [0, 0.05) is 36.7 Å². The van der Waals surface area contributed by atoms with Crippen LogP contribution in [0.3, 0.4) is 0 Å². The predicted octanol–water partition coefficient (Wildman–Crippen LogP) is 3.58. The molecule has 1 unspecified atom stereocenters. The number of aromatic nitrogens is 3. The zero-order valence-electron chi connectivity index (χ0n) is 23.5. The number of anilines is 1. The van der Waals surface area contributed by atoms with E-state index < -0.39 is 17.9 Å². The van der Waals surface area contributed by atoms with Crippen LogP contribution < -0.4 is 21.1 Å². The van der Waals surface area contributed by atoms with Crippen molar-refractivity contribution in [1.29, 1.82) is 0 Å². The smallest absolute Gasteiger partial charge is 0.243 e. The van der Waals surface area contributed by atoms with Crippen LogP contribution in [0.5, 0.6) is 5.75 Å². The van der Waals surface area contributed by atoms with E-state index in [9.17, 15) is 19.9 Å². The minimum atomic E-state index is -0.881. The first-order chi connectivity index (χ1) is 19.5. The van der Waals surface area contributed by atoms with Crippen molar-refractivity contribution in [2.45, 2.75) is 51.5 Å². The van der Waals surface area contributed by atoms with Crippen molar-refractivity contribution in [3.63, 3.8) is 0 Å². The van der Waals surface area contributed by atoms with Crippen LogP contribution in [-0.4, -0.2) is 39.3 Å². The second-order valence-electron chi connectivity index (χ2n) is 11.0. The number of pyridine rings is 1. The number of phenols is 1. The lowest BCUT2D eigenvalue weighted by Crippen LogP contribution is -2.44. The van der Waals surface area contributed by atoms with E-state index in [2.05, 4.69) is 43.5 Å². The van der Waals surface area contributed by atoms with Gasteiger partial charge in [0.1, 0.15) is 11.6 Å². The second-order valence-corrected chi connectivity index (χ2v) is 11.0. The van der Waals surface area contributed by atoms with Crippen LogP contribution in [0.25, 0.3) is 16.9 Å². The SMILES string of the molecule is CC(C)(C)c1ccc(-n2nc(-c3cc[n+]([O-])cc3)cc2NCCCC(=O)NC(=O)C(N)Cc2ccc(O)cc2)cc1. The minimum Gasteiger partial charge on any atom is -0.619 e. The van der Waals surface area contributed by atoms with Crippen LogP contribution >= 0.6 is 0 Å². The molecule has 0 saturated heterocycles. The number of nitrogens with two attached hydrogens (primary N) is 1. The summed E-state index contributed by atoms with van der Waals surface area (Å²) in [5.41, 5.74) is 10.3. The maximum Gasteiger partial charge on any atom is 0.243 e. The van der Waals surface area contributed by atoms with Crippen molar-refractivity contribution < 1.29 is 19.4 Å². The van der Waals surface area contributed by atoms with Crippen molar-refractivity contribution in [3.05, 3.63) is 95.5 Å². The molecule has 2 aromatic carbocycles. The number of rotatable bonds is 10. The quantitative estimate of drug-likeness (QED) is 0.132. The lowest BCUT2D eigenvalue weighted by Gasteiger charge is -2.19. The van der Waals surface area contributed by atoms with Gasteiger partial charge >= 0.3 is 0 Å². The number of benzene rings is 2. The van der Waals surface area contributed by atoms with Gasteiger partial charge in [-0.2, -0.15) is 9.83 Å². The number of carbonyl (C=O) groups excluding carboxylic acids is 2. The molecule has 2 amide bonds. The molecule has 5 N–H and O–H groups in total. The average Bonchev–Trinajstić information content (AvgIpc) is 3.36. The van der Waals surface area contributed by atoms with E-state index in [4.69, 9.17) is 10.8 Å². The fourth-order valence-corrected chi connectivity index (χ4v) is 4.27. The topological polar surface area (TPSA) is 149 Å².